The number of rotatable bonds is 1. The number of hydrogen-bond donors (Lipinski definition) is 0. The molecule has 1 fully saturated rings. The van der Waals surface area contributed by atoms with Gasteiger partial charge in [0.2, 0.25) is 0 Å². The Bertz CT molecular complexity index is 225. The van der Waals surface area contributed by atoms with Gasteiger partial charge in [-0.15, -0.1) is 0 Å². The van der Waals surface area contributed by atoms with Crippen LogP contribution in [0.4, 0.5) is 0 Å². The van der Waals surface area contributed by atoms with E-state index < -0.39 is 0 Å². The highest BCUT2D eigenvalue weighted by molar-refractivity contribution is 5.97. The molecule has 0 amide bonds. The van der Waals surface area contributed by atoms with E-state index in [0.29, 0.717) is 5.78 Å². The summed E-state index contributed by atoms with van der Waals surface area (Å²) in [6.45, 7) is 11.8. The Morgan fingerprint density at radius 2 is 1.91 bits per heavy atom. The summed E-state index contributed by atoms with van der Waals surface area (Å²) in [7, 11) is 0. The largest absolute Gasteiger partial charge is 0.298 e. The van der Waals surface area contributed by atoms with Gasteiger partial charge in [-0.25, -0.2) is 0 Å². The van der Waals surface area contributed by atoms with Gasteiger partial charge in [-0.1, -0.05) is 26.0 Å². The van der Waals surface area contributed by atoms with Crippen molar-refractivity contribution in [1.29, 1.82) is 0 Å². The molecule has 0 bridgehead atoms. The number of hydrogen-bond acceptors (Lipinski definition) is 1. The van der Waals surface area contributed by atoms with Gasteiger partial charge in [0.1, 0.15) is 5.78 Å². The molecule has 0 aromatic rings. The number of allylic oxidation sites excluding steroid dienone is 1. The predicted molar refractivity (Wildman–Crippen MR) is 46.3 cm³/mol. The highest BCUT2D eigenvalue weighted by Crippen LogP contribution is 2.53. The normalized spacial score (nSPS) is 34.7. The van der Waals surface area contributed by atoms with Crippen molar-refractivity contribution in [2.75, 3.05) is 0 Å². The summed E-state index contributed by atoms with van der Waals surface area (Å²) in [5.41, 5.74) is 0.679. The van der Waals surface area contributed by atoms with Gasteiger partial charge in [-0.2, -0.15) is 0 Å². The van der Waals surface area contributed by atoms with Crippen molar-refractivity contribution in [1.82, 2.24) is 0 Å². The molecule has 1 nitrogen and oxygen atoms in total. The fourth-order valence-electron chi connectivity index (χ4n) is 2.03. The summed E-state index contributed by atoms with van der Waals surface area (Å²) in [6.07, 6.45) is 0.953. The smallest absolute Gasteiger partial charge is 0.148 e. The molecular formula is C10H16O. The molecule has 0 N–H and O–H groups in total. The summed E-state index contributed by atoms with van der Waals surface area (Å²) in [5, 5.41) is 0. The molecule has 1 rings (SSSR count). The molecule has 0 aliphatic heterocycles. The Labute approximate surface area is 68.5 Å². The molecule has 0 aromatic heterocycles. The molecular weight excluding hydrogens is 136 g/mol. The first kappa shape index (κ1) is 8.51. The topological polar surface area (TPSA) is 17.1 Å². The summed E-state index contributed by atoms with van der Waals surface area (Å²) in [5.74, 6) is 0.345. The summed E-state index contributed by atoms with van der Waals surface area (Å²) >= 11 is 0. The van der Waals surface area contributed by atoms with Crippen molar-refractivity contribution >= 4 is 5.78 Å². The van der Waals surface area contributed by atoms with Crippen LogP contribution in [0.3, 0.4) is 0 Å². The minimum atomic E-state index is -0.219. The maximum Gasteiger partial charge on any atom is 0.148 e. The van der Waals surface area contributed by atoms with Crippen molar-refractivity contribution in [2.24, 2.45) is 10.8 Å². The molecule has 1 aliphatic carbocycles. The van der Waals surface area contributed by atoms with E-state index in [1.165, 1.54) is 0 Å². The third kappa shape index (κ3) is 0.943. The van der Waals surface area contributed by atoms with E-state index in [4.69, 9.17) is 0 Å². The van der Waals surface area contributed by atoms with Crippen LogP contribution >= 0.6 is 0 Å². The molecule has 1 saturated carbocycles. The van der Waals surface area contributed by atoms with E-state index >= 15 is 0 Å². The average Bonchev–Trinajstić information content (AvgIpc) is 1.86. The first-order valence-electron chi connectivity index (χ1n) is 4.01. The highest BCUT2D eigenvalue weighted by atomic mass is 16.1. The first-order chi connectivity index (χ1) is 4.81. The summed E-state index contributed by atoms with van der Waals surface area (Å²) in [6, 6.07) is 0. The lowest BCUT2D eigenvalue weighted by Gasteiger charge is -2.49. The zero-order chi connectivity index (χ0) is 8.86. The molecule has 0 heterocycles. The quantitative estimate of drug-likeness (QED) is 0.528. The predicted octanol–water partition coefficient (Wildman–Crippen LogP) is 2.57. The molecule has 0 spiro atoms. The van der Waals surface area contributed by atoms with Crippen LogP contribution in [0.5, 0.6) is 0 Å². The zero-order valence-electron chi connectivity index (χ0n) is 7.82. The molecule has 0 aromatic carbocycles. The van der Waals surface area contributed by atoms with Gasteiger partial charge in [0.15, 0.2) is 0 Å². The molecule has 0 radical (unpaired) electrons. The standard InChI is InChI=1S/C10H16O/c1-7(2)10(5)6-9(3,4)8(10)11/h1,6H2,2-5H3. The third-order valence-electron chi connectivity index (χ3n) is 2.85. The number of ketones is 1. The van der Waals surface area contributed by atoms with E-state index in [-0.39, 0.29) is 10.8 Å². The van der Waals surface area contributed by atoms with Gasteiger partial charge in [-0.3, -0.25) is 4.79 Å². The van der Waals surface area contributed by atoms with Crippen LogP contribution in [0.15, 0.2) is 12.2 Å². The van der Waals surface area contributed by atoms with Crippen molar-refractivity contribution in [2.45, 2.75) is 34.1 Å². The fourth-order valence-corrected chi connectivity index (χ4v) is 2.03. The van der Waals surface area contributed by atoms with E-state index in [1.54, 1.807) is 0 Å². The maximum atomic E-state index is 11.6. The Hall–Kier alpha value is -0.590. The first-order valence-corrected chi connectivity index (χ1v) is 4.01. The Morgan fingerprint density at radius 3 is 2.00 bits per heavy atom. The lowest BCUT2D eigenvalue weighted by atomic mass is 9.52. The molecule has 1 aliphatic rings. The average molecular weight is 152 g/mol. The van der Waals surface area contributed by atoms with Gasteiger partial charge >= 0.3 is 0 Å². The van der Waals surface area contributed by atoms with E-state index in [2.05, 4.69) is 6.58 Å². The second kappa shape index (κ2) is 1.96. The maximum absolute atomic E-state index is 11.6. The lowest BCUT2D eigenvalue weighted by molar-refractivity contribution is -0.149. The van der Waals surface area contributed by atoms with Crippen molar-refractivity contribution in [3.63, 3.8) is 0 Å². The number of carbonyl (C=O) groups is 1. The van der Waals surface area contributed by atoms with Gasteiger partial charge in [0.05, 0.1) is 0 Å². The molecule has 1 atom stereocenters. The van der Waals surface area contributed by atoms with Gasteiger partial charge in [-0.05, 0) is 20.3 Å². The third-order valence-corrected chi connectivity index (χ3v) is 2.85. The zero-order valence-corrected chi connectivity index (χ0v) is 7.82. The van der Waals surface area contributed by atoms with E-state index in [9.17, 15) is 4.79 Å². The van der Waals surface area contributed by atoms with Crippen LogP contribution in [0.25, 0.3) is 0 Å². The molecule has 1 unspecified atom stereocenters. The van der Waals surface area contributed by atoms with Crippen LogP contribution in [-0.2, 0) is 4.79 Å². The van der Waals surface area contributed by atoms with Gasteiger partial charge < -0.3 is 0 Å². The van der Waals surface area contributed by atoms with Crippen molar-refractivity contribution in [3.05, 3.63) is 12.2 Å². The van der Waals surface area contributed by atoms with Crippen LogP contribution in [-0.4, -0.2) is 5.78 Å². The highest BCUT2D eigenvalue weighted by Gasteiger charge is 2.55. The van der Waals surface area contributed by atoms with Crippen LogP contribution in [0.1, 0.15) is 34.1 Å². The number of carbonyl (C=O) groups excluding carboxylic acids is 1. The van der Waals surface area contributed by atoms with Crippen LogP contribution in [0.2, 0.25) is 0 Å². The van der Waals surface area contributed by atoms with Crippen molar-refractivity contribution in [3.8, 4) is 0 Å². The minimum Gasteiger partial charge on any atom is -0.298 e. The minimum absolute atomic E-state index is 0.103. The van der Waals surface area contributed by atoms with E-state index in [0.717, 1.165) is 12.0 Å². The lowest BCUT2D eigenvalue weighted by Crippen LogP contribution is -2.53. The van der Waals surface area contributed by atoms with Crippen LogP contribution in [0, 0.1) is 10.8 Å². The van der Waals surface area contributed by atoms with Gasteiger partial charge in [0, 0.05) is 10.8 Å². The Balaban J connectivity index is 2.86. The summed E-state index contributed by atoms with van der Waals surface area (Å²) in [4.78, 5) is 11.6. The van der Waals surface area contributed by atoms with Crippen LogP contribution < -0.4 is 0 Å². The van der Waals surface area contributed by atoms with Gasteiger partial charge in [0.25, 0.3) is 0 Å². The molecule has 1 heteroatoms. The molecule has 62 valence electrons. The Morgan fingerprint density at radius 1 is 1.45 bits per heavy atom. The molecule has 0 saturated heterocycles. The number of Topliss-reactive ketones (excluding diaryl/α,β-unsaturated/α-hetero) is 1. The summed E-state index contributed by atoms with van der Waals surface area (Å²) < 4.78 is 0. The Kier molecular flexibility index (Phi) is 1.52. The van der Waals surface area contributed by atoms with Crippen molar-refractivity contribution < 1.29 is 4.79 Å². The monoisotopic (exact) mass is 152 g/mol. The van der Waals surface area contributed by atoms with E-state index in [1.807, 2.05) is 27.7 Å². The fraction of sp³-hybridized carbons (Fsp3) is 0.700. The SMILES string of the molecule is C=C(C)C1(C)CC(C)(C)C1=O. The molecule has 11 heavy (non-hydrogen) atoms. The second-order valence-corrected chi connectivity index (χ2v) is 4.50. The second-order valence-electron chi connectivity index (χ2n) is 4.50.